The quantitative estimate of drug-likeness (QED) is 0.239. The molecule has 4 aromatic carbocycles. The van der Waals surface area contributed by atoms with Gasteiger partial charge in [0, 0.05) is 0 Å². The van der Waals surface area contributed by atoms with Gasteiger partial charge in [-0.2, -0.15) is 0 Å². The van der Waals surface area contributed by atoms with Crippen molar-refractivity contribution < 1.29 is 14.3 Å². The number of carbonyl (C=O) groups excluding carboxylic acids is 1. The second-order valence-corrected chi connectivity index (χ2v) is 8.33. The zero-order valence-corrected chi connectivity index (χ0v) is 20.0. The fourth-order valence-electron chi connectivity index (χ4n) is 3.86. The smallest absolute Gasteiger partial charge is 0.265 e. The minimum Gasteiger partial charge on any atom is -0.491 e. The van der Waals surface area contributed by atoms with E-state index in [1.165, 1.54) is 5.56 Å². The van der Waals surface area contributed by atoms with Crippen LogP contribution in [-0.2, 0) is 11.2 Å². The van der Waals surface area contributed by atoms with Gasteiger partial charge in [0.05, 0.1) is 12.3 Å². The Balaban J connectivity index is 1.33. The van der Waals surface area contributed by atoms with Crippen molar-refractivity contribution in [2.24, 2.45) is 0 Å². The minimum absolute atomic E-state index is 0.194. The van der Waals surface area contributed by atoms with Crippen molar-refractivity contribution in [2.45, 2.75) is 32.3 Å². The fraction of sp³-hybridized carbons (Fsp3) is 0.194. The largest absolute Gasteiger partial charge is 0.491 e. The number of para-hydroxylation sites is 2. The van der Waals surface area contributed by atoms with Crippen LogP contribution in [0.3, 0.4) is 0 Å². The Morgan fingerprint density at radius 1 is 0.771 bits per heavy atom. The Bertz CT molecular complexity index is 1190. The number of carbonyl (C=O) groups is 1. The molecular weight excluding hydrogens is 434 g/mol. The van der Waals surface area contributed by atoms with E-state index in [1.807, 2.05) is 91.9 Å². The average Bonchev–Trinajstić information content (AvgIpc) is 2.92. The van der Waals surface area contributed by atoms with Gasteiger partial charge in [-0.15, -0.1) is 0 Å². The van der Waals surface area contributed by atoms with Crippen LogP contribution in [0.15, 0.2) is 109 Å². The molecule has 1 atom stereocenters. The first-order valence-electron chi connectivity index (χ1n) is 12.1. The van der Waals surface area contributed by atoms with Crippen molar-refractivity contribution in [3.8, 4) is 22.6 Å². The molecule has 0 aliphatic heterocycles. The summed E-state index contributed by atoms with van der Waals surface area (Å²) >= 11 is 0. The number of ether oxygens (including phenoxy) is 2. The zero-order chi connectivity index (χ0) is 24.3. The summed E-state index contributed by atoms with van der Waals surface area (Å²) < 4.78 is 12.0. The van der Waals surface area contributed by atoms with E-state index in [2.05, 4.69) is 29.6 Å². The van der Waals surface area contributed by atoms with E-state index in [1.54, 1.807) is 0 Å². The lowest BCUT2D eigenvalue weighted by Crippen LogP contribution is -2.32. The normalized spacial score (nSPS) is 11.5. The number of benzene rings is 4. The van der Waals surface area contributed by atoms with Gasteiger partial charge in [-0.25, -0.2) is 0 Å². The molecule has 4 nitrogen and oxygen atoms in total. The fourth-order valence-corrected chi connectivity index (χ4v) is 3.86. The number of amides is 1. The predicted molar refractivity (Wildman–Crippen MR) is 142 cm³/mol. The number of nitrogens with one attached hydrogen (secondary N) is 1. The summed E-state index contributed by atoms with van der Waals surface area (Å²) in [6.45, 7) is 2.51. The maximum atomic E-state index is 13.0. The summed E-state index contributed by atoms with van der Waals surface area (Å²) in [5, 5.41) is 2.99. The number of hydrogen-bond acceptors (Lipinski definition) is 3. The van der Waals surface area contributed by atoms with E-state index in [0.717, 1.165) is 24.0 Å². The highest BCUT2D eigenvalue weighted by Crippen LogP contribution is 2.26. The van der Waals surface area contributed by atoms with Crippen molar-refractivity contribution >= 4 is 11.6 Å². The Hall–Kier alpha value is -4.05. The highest BCUT2D eigenvalue weighted by atomic mass is 16.5. The van der Waals surface area contributed by atoms with E-state index in [0.29, 0.717) is 30.2 Å². The summed E-state index contributed by atoms with van der Waals surface area (Å²) in [7, 11) is 0. The molecule has 4 heteroatoms. The first-order valence-corrected chi connectivity index (χ1v) is 12.1. The molecule has 1 N–H and O–H groups in total. The van der Waals surface area contributed by atoms with E-state index < -0.39 is 6.10 Å². The van der Waals surface area contributed by atoms with Gasteiger partial charge in [0.25, 0.3) is 5.91 Å². The summed E-state index contributed by atoms with van der Waals surface area (Å²) in [5.74, 6) is 1.13. The Morgan fingerprint density at radius 2 is 1.40 bits per heavy atom. The lowest BCUT2D eigenvalue weighted by Gasteiger charge is -2.19. The average molecular weight is 466 g/mol. The molecule has 35 heavy (non-hydrogen) atoms. The second kappa shape index (κ2) is 12.4. The summed E-state index contributed by atoms with van der Waals surface area (Å²) in [4.78, 5) is 13.0. The maximum absolute atomic E-state index is 13.0. The first kappa shape index (κ1) is 24.1. The molecule has 0 aromatic heterocycles. The molecule has 178 valence electrons. The van der Waals surface area contributed by atoms with E-state index in [-0.39, 0.29) is 5.91 Å². The molecule has 0 heterocycles. The third-order valence-electron chi connectivity index (χ3n) is 5.76. The van der Waals surface area contributed by atoms with Crippen LogP contribution in [0.5, 0.6) is 11.5 Å². The van der Waals surface area contributed by atoms with Gasteiger partial charge in [-0.05, 0) is 60.2 Å². The molecule has 0 bridgehead atoms. The second-order valence-electron chi connectivity index (χ2n) is 8.33. The molecule has 1 unspecified atom stereocenters. The lowest BCUT2D eigenvalue weighted by molar-refractivity contribution is -0.122. The van der Waals surface area contributed by atoms with Crippen LogP contribution in [-0.4, -0.2) is 18.6 Å². The van der Waals surface area contributed by atoms with Crippen LogP contribution < -0.4 is 14.8 Å². The van der Waals surface area contributed by atoms with Gasteiger partial charge in [0.1, 0.15) is 11.5 Å². The van der Waals surface area contributed by atoms with Gasteiger partial charge < -0.3 is 14.8 Å². The standard InChI is InChI=1S/C31H31NO3/c1-2-29(35-27-21-19-26(20-22-27)25-15-7-4-8-16-25)31(33)32-28-17-9-10-18-30(28)34-23-11-14-24-12-5-3-6-13-24/h3-10,12-13,15-22,29H,2,11,14,23H2,1H3,(H,32,33). The van der Waals surface area contributed by atoms with E-state index in [9.17, 15) is 4.79 Å². The first-order chi connectivity index (χ1) is 17.2. The molecule has 1 amide bonds. The molecule has 0 saturated heterocycles. The SMILES string of the molecule is CCC(Oc1ccc(-c2ccccc2)cc1)C(=O)Nc1ccccc1OCCCc1ccccc1. The van der Waals surface area contributed by atoms with Gasteiger partial charge in [-0.1, -0.05) is 91.9 Å². The number of anilines is 1. The monoisotopic (exact) mass is 465 g/mol. The van der Waals surface area contributed by atoms with Crippen LogP contribution >= 0.6 is 0 Å². The van der Waals surface area contributed by atoms with Crippen molar-refractivity contribution in [3.63, 3.8) is 0 Å². The highest BCUT2D eigenvalue weighted by molar-refractivity contribution is 5.95. The van der Waals surface area contributed by atoms with Crippen LogP contribution in [0.4, 0.5) is 5.69 Å². The number of rotatable bonds is 11. The summed E-state index contributed by atoms with van der Waals surface area (Å²) in [6.07, 6.45) is 1.78. The van der Waals surface area contributed by atoms with Gasteiger partial charge in [-0.3, -0.25) is 4.79 Å². The third-order valence-corrected chi connectivity index (χ3v) is 5.76. The van der Waals surface area contributed by atoms with Gasteiger partial charge in [0.15, 0.2) is 6.10 Å². The molecular formula is C31H31NO3. The number of hydrogen-bond donors (Lipinski definition) is 1. The van der Waals surface area contributed by atoms with Gasteiger partial charge in [0.2, 0.25) is 0 Å². The topological polar surface area (TPSA) is 47.6 Å². The summed E-state index contributed by atoms with van der Waals surface area (Å²) in [6, 6.07) is 35.9. The summed E-state index contributed by atoms with van der Waals surface area (Å²) in [5.41, 5.74) is 4.19. The third kappa shape index (κ3) is 6.97. The van der Waals surface area contributed by atoms with Crippen molar-refractivity contribution in [1.29, 1.82) is 0 Å². The lowest BCUT2D eigenvalue weighted by atomic mass is 10.1. The molecule has 0 radical (unpaired) electrons. The van der Waals surface area contributed by atoms with Crippen LogP contribution in [0, 0.1) is 0 Å². The van der Waals surface area contributed by atoms with E-state index >= 15 is 0 Å². The van der Waals surface area contributed by atoms with E-state index in [4.69, 9.17) is 9.47 Å². The van der Waals surface area contributed by atoms with Gasteiger partial charge >= 0.3 is 0 Å². The molecule has 4 rings (SSSR count). The molecule has 0 aliphatic carbocycles. The Labute approximate surface area is 207 Å². The molecule has 4 aromatic rings. The van der Waals surface area contributed by atoms with Crippen molar-refractivity contribution in [1.82, 2.24) is 0 Å². The van der Waals surface area contributed by atoms with Crippen LogP contribution in [0.1, 0.15) is 25.3 Å². The minimum atomic E-state index is -0.608. The Kier molecular flexibility index (Phi) is 8.55. The molecule has 0 aliphatic rings. The maximum Gasteiger partial charge on any atom is 0.265 e. The van der Waals surface area contributed by atoms with Crippen LogP contribution in [0.25, 0.3) is 11.1 Å². The molecule has 0 fully saturated rings. The highest BCUT2D eigenvalue weighted by Gasteiger charge is 2.20. The van der Waals surface area contributed by atoms with Crippen molar-refractivity contribution in [2.75, 3.05) is 11.9 Å². The predicted octanol–water partition coefficient (Wildman–Crippen LogP) is 7.16. The zero-order valence-electron chi connectivity index (χ0n) is 20.0. The molecule has 0 saturated carbocycles. The van der Waals surface area contributed by atoms with Crippen molar-refractivity contribution in [3.05, 3.63) is 115 Å². The molecule has 0 spiro atoms. The Morgan fingerprint density at radius 3 is 2.11 bits per heavy atom. The number of aryl methyl sites for hydroxylation is 1. The van der Waals surface area contributed by atoms with Crippen LogP contribution in [0.2, 0.25) is 0 Å².